The molecule has 1 aromatic rings. The van der Waals surface area contributed by atoms with Crippen molar-refractivity contribution in [2.24, 2.45) is 11.7 Å². The van der Waals surface area contributed by atoms with Gasteiger partial charge >= 0.3 is 0 Å². The van der Waals surface area contributed by atoms with Crippen LogP contribution >= 0.6 is 0 Å². The van der Waals surface area contributed by atoms with E-state index < -0.39 is 0 Å². The zero-order valence-electron chi connectivity index (χ0n) is 12.1. The maximum absolute atomic E-state index is 11.9. The first-order chi connectivity index (χ1) is 8.97. The quantitative estimate of drug-likeness (QED) is 0.873. The molecule has 1 aliphatic carbocycles. The van der Waals surface area contributed by atoms with Crippen LogP contribution in [0, 0.1) is 12.8 Å². The molecule has 1 aliphatic rings. The Morgan fingerprint density at radius 3 is 2.68 bits per heavy atom. The minimum atomic E-state index is 0.128. The van der Waals surface area contributed by atoms with Gasteiger partial charge in [0.15, 0.2) is 0 Å². The summed E-state index contributed by atoms with van der Waals surface area (Å²) in [5.74, 6) is 0.791. The number of carbonyl (C=O) groups is 1. The number of nitrogens with one attached hydrogen (secondary N) is 1. The third kappa shape index (κ3) is 3.35. The third-order valence-corrected chi connectivity index (χ3v) is 4.04. The lowest BCUT2D eigenvalue weighted by atomic mass is 9.80. The Bertz CT molecular complexity index is 462. The molecular formula is C16H24N2O. The van der Waals surface area contributed by atoms with E-state index in [-0.39, 0.29) is 17.9 Å². The van der Waals surface area contributed by atoms with Crippen LogP contribution in [0.1, 0.15) is 49.3 Å². The second kappa shape index (κ2) is 5.74. The van der Waals surface area contributed by atoms with Crippen molar-refractivity contribution in [2.45, 2.75) is 52.1 Å². The van der Waals surface area contributed by atoms with Crippen LogP contribution in [0.15, 0.2) is 18.2 Å². The smallest absolute Gasteiger partial charge is 0.223 e. The van der Waals surface area contributed by atoms with Gasteiger partial charge in [-0.2, -0.15) is 0 Å². The highest BCUT2D eigenvalue weighted by Gasteiger charge is 2.31. The Hall–Kier alpha value is -1.35. The van der Waals surface area contributed by atoms with Crippen molar-refractivity contribution in [3.63, 3.8) is 0 Å². The van der Waals surface area contributed by atoms with Gasteiger partial charge in [0.2, 0.25) is 5.91 Å². The Labute approximate surface area is 115 Å². The summed E-state index contributed by atoms with van der Waals surface area (Å²) in [6.07, 6.45) is 1.66. The minimum Gasteiger partial charge on any atom is -0.352 e. The molecule has 1 amide bonds. The first-order valence-corrected chi connectivity index (χ1v) is 7.10. The summed E-state index contributed by atoms with van der Waals surface area (Å²) in [5.41, 5.74) is 9.47. The molecule has 0 aromatic heterocycles. The van der Waals surface area contributed by atoms with Crippen LogP contribution in [-0.2, 0) is 11.3 Å². The van der Waals surface area contributed by atoms with Crippen LogP contribution < -0.4 is 11.1 Å². The molecule has 0 aliphatic heterocycles. The lowest BCUT2D eigenvalue weighted by Gasteiger charge is -2.31. The van der Waals surface area contributed by atoms with Gasteiger partial charge in [-0.25, -0.2) is 0 Å². The van der Waals surface area contributed by atoms with Crippen molar-refractivity contribution in [3.05, 3.63) is 34.9 Å². The van der Waals surface area contributed by atoms with Gasteiger partial charge in [0.1, 0.15) is 0 Å². The lowest BCUT2D eigenvalue weighted by molar-refractivity contribution is -0.128. The van der Waals surface area contributed by atoms with E-state index in [0.29, 0.717) is 12.5 Å². The van der Waals surface area contributed by atoms with Crippen LogP contribution in [0.25, 0.3) is 0 Å². The molecule has 0 bridgehead atoms. The molecule has 0 spiro atoms. The summed E-state index contributed by atoms with van der Waals surface area (Å²) < 4.78 is 0. The SMILES string of the molecule is Cc1ccc(C(C)C)cc1CNC(=O)C1CC(N)C1. The number of carbonyl (C=O) groups excluding carboxylic acids is 1. The highest BCUT2D eigenvalue weighted by Crippen LogP contribution is 2.25. The van der Waals surface area contributed by atoms with Crippen LogP contribution in [0.4, 0.5) is 0 Å². The fourth-order valence-electron chi connectivity index (χ4n) is 2.44. The fourth-order valence-corrected chi connectivity index (χ4v) is 2.44. The summed E-state index contributed by atoms with van der Waals surface area (Å²) >= 11 is 0. The molecule has 0 atom stereocenters. The predicted molar refractivity (Wildman–Crippen MR) is 77.8 cm³/mol. The van der Waals surface area contributed by atoms with Crippen LogP contribution in [0.5, 0.6) is 0 Å². The maximum atomic E-state index is 11.9. The highest BCUT2D eigenvalue weighted by atomic mass is 16.1. The molecule has 0 radical (unpaired) electrons. The van der Waals surface area contributed by atoms with E-state index in [1.165, 1.54) is 16.7 Å². The molecule has 1 fully saturated rings. The van der Waals surface area contributed by atoms with Gasteiger partial charge in [-0.15, -0.1) is 0 Å². The second-order valence-electron chi connectivity index (χ2n) is 5.99. The molecule has 0 unspecified atom stereocenters. The summed E-state index contributed by atoms with van der Waals surface area (Å²) in [6.45, 7) is 7.08. The number of nitrogens with two attached hydrogens (primary N) is 1. The molecule has 0 saturated heterocycles. The Morgan fingerprint density at radius 2 is 2.11 bits per heavy atom. The Morgan fingerprint density at radius 1 is 1.42 bits per heavy atom. The highest BCUT2D eigenvalue weighted by molar-refractivity contribution is 5.79. The number of hydrogen-bond acceptors (Lipinski definition) is 2. The molecule has 3 N–H and O–H groups in total. The number of aryl methyl sites for hydroxylation is 1. The topological polar surface area (TPSA) is 55.1 Å². The van der Waals surface area contributed by atoms with E-state index >= 15 is 0 Å². The number of benzene rings is 1. The van der Waals surface area contributed by atoms with Gasteiger partial charge in [0.05, 0.1) is 0 Å². The zero-order chi connectivity index (χ0) is 14.0. The van der Waals surface area contributed by atoms with Crippen LogP contribution in [0.3, 0.4) is 0 Å². The maximum Gasteiger partial charge on any atom is 0.223 e. The van der Waals surface area contributed by atoms with Gasteiger partial charge in [-0.1, -0.05) is 32.0 Å². The molecule has 104 valence electrons. The van der Waals surface area contributed by atoms with Crippen LogP contribution in [-0.4, -0.2) is 11.9 Å². The van der Waals surface area contributed by atoms with Gasteiger partial charge in [0.25, 0.3) is 0 Å². The van der Waals surface area contributed by atoms with E-state index in [1.807, 2.05) is 0 Å². The fraction of sp³-hybridized carbons (Fsp3) is 0.562. The van der Waals surface area contributed by atoms with Gasteiger partial charge < -0.3 is 11.1 Å². The average molecular weight is 260 g/mol. The molecule has 0 heterocycles. The van der Waals surface area contributed by atoms with Crippen molar-refractivity contribution < 1.29 is 4.79 Å². The van der Waals surface area contributed by atoms with E-state index in [9.17, 15) is 4.79 Å². The van der Waals surface area contributed by atoms with Crippen molar-refractivity contribution in [1.29, 1.82) is 0 Å². The van der Waals surface area contributed by atoms with E-state index in [2.05, 4.69) is 44.3 Å². The lowest BCUT2D eigenvalue weighted by Crippen LogP contribution is -2.44. The molecular weight excluding hydrogens is 236 g/mol. The summed E-state index contributed by atoms with van der Waals surface area (Å²) in [5, 5.41) is 3.03. The normalized spacial score (nSPS) is 22.2. The molecule has 1 saturated carbocycles. The predicted octanol–water partition coefficient (Wildman–Crippen LogP) is 2.47. The van der Waals surface area contributed by atoms with Gasteiger partial charge in [0, 0.05) is 18.5 Å². The van der Waals surface area contributed by atoms with Crippen molar-refractivity contribution in [1.82, 2.24) is 5.32 Å². The van der Waals surface area contributed by atoms with E-state index in [0.717, 1.165) is 12.8 Å². The number of rotatable bonds is 4. The van der Waals surface area contributed by atoms with Crippen molar-refractivity contribution in [2.75, 3.05) is 0 Å². The standard InChI is InChI=1S/C16H24N2O/c1-10(2)12-5-4-11(3)14(6-12)9-18-16(19)13-7-15(17)8-13/h4-6,10,13,15H,7-9,17H2,1-3H3,(H,18,19). The second-order valence-corrected chi connectivity index (χ2v) is 5.99. The molecule has 3 heteroatoms. The van der Waals surface area contributed by atoms with E-state index in [4.69, 9.17) is 5.73 Å². The van der Waals surface area contributed by atoms with Crippen LogP contribution in [0.2, 0.25) is 0 Å². The third-order valence-electron chi connectivity index (χ3n) is 4.04. The summed E-state index contributed by atoms with van der Waals surface area (Å²) in [4.78, 5) is 11.9. The monoisotopic (exact) mass is 260 g/mol. The largest absolute Gasteiger partial charge is 0.352 e. The summed E-state index contributed by atoms with van der Waals surface area (Å²) in [6, 6.07) is 6.72. The van der Waals surface area contributed by atoms with Crippen molar-refractivity contribution >= 4 is 5.91 Å². The minimum absolute atomic E-state index is 0.128. The van der Waals surface area contributed by atoms with E-state index in [1.54, 1.807) is 0 Å². The van der Waals surface area contributed by atoms with Crippen molar-refractivity contribution in [3.8, 4) is 0 Å². The average Bonchev–Trinajstić information content (AvgIpc) is 2.33. The van der Waals surface area contributed by atoms with Gasteiger partial charge in [-0.3, -0.25) is 4.79 Å². The summed E-state index contributed by atoms with van der Waals surface area (Å²) in [7, 11) is 0. The Kier molecular flexibility index (Phi) is 4.25. The first kappa shape index (κ1) is 14.1. The Balaban J connectivity index is 1.95. The molecule has 3 nitrogen and oxygen atoms in total. The molecule has 2 rings (SSSR count). The number of amides is 1. The van der Waals surface area contributed by atoms with Gasteiger partial charge in [-0.05, 0) is 42.4 Å². The molecule has 1 aromatic carbocycles. The molecule has 19 heavy (non-hydrogen) atoms. The number of hydrogen-bond donors (Lipinski definition) is 2. The first-order valence-electron chi connectivity index (χ1n) is 7.10. The zero-order valence-corrected chi connectivity index (χ0v) is 12.1.